The molecule has 2 heterocycles. The number of likely N-dealkylation sites (N-methyl/N-ethyl adjacent to an activating group) is 1. The topological polar surface area (TPSA) is 49.3 Å². The summed E-state index contributed by atoms with van der Waals surface area (Å²) in [5, 5.41) is 1.69. The van der Waals surface area contributed by atoms with Crippen LogP contribution in [0.1, 0.15) is 45.3 Å². The number of aryl methyl sites for hydroxylation is 4. The number of rotatable bonds is 7. The molecule has 1 aromatic carbocycles. The molecule has 7 heteroatoms. The Morgan fingerprint density at radius 2 is 1.71 bits per heavy atom. The number of amides is 1. The lowest BCUT2D eigenvalue weighted by Gasteiger charge is -2.24. The Kier molecular flexibility index (Phi) is 6.47. The lowest BCUT2D eigenvalue weighted by molar-refractivity contribution is 0.0987. The van der Waals surface area contributed by atoms with Crippen LogP contribution in [-0.2, 0) is 0 Å². The number of hydrogen-bond acceptors (Lipinski definition) is 6. The van der Waals surface area contributed by atoms with Gasteiger partial charge in [0, 0.05) is 13.1 Å². The van der Waals surface area contributed by atoms with Crippen molar-refractivity contribution in [1.82, 2.24) is 14.9 Å². The maximum absolute atomic E-state index is 13.4. The van der Waals surface area contributed by atoms with Gasteiger partial charge in [0.25, 0.3) is 5.91 Å². The van der Waals surface area contributed by atoms with Gasteiger partial charge in [-0.15, -0.1) is 11.3 Å². The van der Waals surface area contributed by atoms with Crippen molar-refractivity contribution in [2.75, 3.05) is 31.1 Å². The summed E-state index contributed by atoms with van der Waals surface area (Å²) in [6.45, 7) is 15.7. The van der Waals surface area contributed by atoms with Crippen LogP contribution in [0.3, 0.4) is 0 Å². The highest BCUT2D eigenvalue weighted by molar-refractivity contribution is 7.22. The average Bonchev–Trinajstić information content (AvgIpc) is 3.21. The SMILES string of the molecule is CCN(CC)CCN(C(=O)c1sc(C)nc1C)c1nc2cc(C)cc(C)c2s1. The highest BCUT2D eigenvalue weighted by atomic mass is 32.1. The molecule has 0 radical (unpaired) electrons. The zero-order chi connectivity index (χ0) is 20.4. The van der Waals surface area contributed by atoms with Crippen molar-refractivity contribution < 1.29 is 4.79 Å². The summed E-state index contributed by atoms with van der Waals surface area (Å²) in [4.78, 5) is 27.6. The van der Waals surface area contributed by atoms with Crippen molar-refractivity contribution in [3.8, 4) is 0 Å². The summed E-state index contributed by atoms with van der Waals surface area (Å²) in [5.41, 5.74) is 4.17. The number of anilines is 1. The molecule has 3 aromatic rings. The summed E-state index contributed by atoms with van der Waals surface area (Å²) < 4.78 is 1.15. The van der Waals surface area contributed by atoms with Gasteiger partial charge in [-0.3, -0.25) is 9.69 Å². The first-order valence-corrected chi connectivity index (χ1v) is 11.3. The maximum atomic E-state index is 13.4. The Morgan fingerprint density at radius 1 is 1.00 bits per heavy atom. The fourth-order valence-corrected chi connectivity index (χ4v) is 5.31. The molecular weight excluding hydrogens is 388 g/mol. The fourth-order valence-electron chi connectivity index (χ4n) is 3.40. The van der Waals surface area contributed by atoms with E-state index in [0.29, 0.717) is 11.4 Å². The van der Waals surface area contributed by atoms with E-state index in [0.717, 1.165) is 45.7 Å². The van der Waals surface area contributed by atoms with E-state index in [2.05, 4.69) is 49.7 Å². The third-order valence-electron chi connectivity index (χ3n) is 4.92. The highest BCUT2D eigenvalue weighted by Crippen LogP contribution is 2.33. The normalized spacial score (nSPS) is 11.5. The van der Waals surface area contributed by atoms with E-state index in [1.807, 2.05) is 18.7 Å². The molecule has 0 saturated carbocycles. The first-order valence-electron chi connectivity index (χ1n) is 9.70. The lowest BCUT2D eigenvalue weighted by Crippen LogP contribution is -2.38. The van der Waals surface area contributed by atoms with Crippen LogP contribution in [0.5, 0.6) is 0 Å². The van der Waals surface area contributed by atoms with E-state index in [1.165, 1.54) is 22.5 Å². The number of aromatic nitrogens is 2. The second-order valence-electron chi connectivity index (χ2n) is 7.06. The Balaban J connectivity index is 2.01. The summed E-state index contributed by atoms with van der Waals surface area (Å²) in [7, 11) is 0. The second kappa shape index (κ2) is 8.68. The third-order valence-corrected chi connectivity index (χ3v) is 7.21. The minimum absolute atomic E-state index is 0.00341. The minimum atomic E-state index is 0.00341. The molecule has 0 aliphatic rings. The maximum Gasteiger partial charge on any atom is 0.272 e. The molecule has 0 aliphatic carbocycles. The Labute approximate surface area is 175 Å². The van der Waals surface area contributed by atoms with Crippen molar-refractivity contribution in [1.29, 1.82) is 0 Å². The number of thiazole rings is 2. The number of benzene rings is 1. The van der Waals surface area contributed by atoms with Crippen molar-refractivity contribution in [2.45, 2.75) is 41.5 Å². The molecule has 0 atom stereocenters. The van der Waals surface area contributed by atoms with Crippen molar-refractivity contribution in [3.05, 3.63) is 38.8 Å². The molecule has 0 unspecified atom stereocenters. The molecular formula is C21H28N4OS2. The number of fused-ring (bicyclic) bond motifs is 1. The van der Waals surface area contributed by atoms with Gasteiger partial charge in [-0.2, -0.15) is 0 Å². The third kappa shape index (κ3) is 4.26. The van der Waals surface area contributed by atoms with Gasteiger partial charge in [-0.25, -0.2) is 9.97 Å². The van der Waals surface area contributed by atoms with Crippen molar-refractivity contribution in [3.63, 3.8) is 0 Å². The van der Waals surface area contributed by atoms with Gasteiger partial charge in [0.1, 0.15) is 4.88 Å². The van der Waals surface area contributed by atoms with Crippen LogP contribution in [0.4, 0.5) is 5.13 Å². The van der Waals surface area contributed by atoms with Crippen LogP contribution in [0, 0.1) is 27.7 Å². The Bertz CT molecular complexity index is 988. The summed E-state index contributed by atoms with van der Waals surface area (Å²) in [6.07, 6.45) is 0. The summed E-state index contributed by atoms with van der Waals surface area (Å²) >= 11 is 3.07. The van der Waals surface area contributed by atoms with Gasteiger partial charge < -0.3 is 4.90 Å². The molecule has 0 bridgehead atoms. The van der Waals surface area contributed by atoms with E-state index in [-0.39, 0.29) is 5.91 Å². The number of nitrogens with zero attached hydrogens (tertiary/aromatic N) is 4. The van der Waals surface area contributed by atoms with Crippen LogP contribution < -0.4 is 4.90 Å². The van der Waals surface area contributed by atoms with Gasteiger partial charge in [0.2, 0.25) is 0 Å². The molecule has 1 amide bonds. The Hall–Kier alpha value is -1.83. The summed E-state index contributed by atoms with van der Waals surface area (Å²) in [5.74, 6) is 0.00341. The molecule has 3 rings (SSSR count). The van der Waals surface area contributed by atoms with E-state index in [4.69, 9.17) is 4.98 Å². The number of hydrogen-bond donors (Lipinski definition) is 0. The van der Waals surface area contributed by atoms with E-state index in [9.17, 15) is 4.79 Å². The smallest absolute Gasteiger partial charge is 0.272 e. The molecule has 2 aromatic heterocycles. The molecule has 5 nitrogen and oxygen atoms in total. The molecule has 150 valence electrons. The van der Waals surface area contributed by atoms with Crippen molar-refractivity contribution in [2.24, 2.45) is 0 Å². The van der Waals surface area contributed by atoms with Crippen LogP contribution in [-0.4, -0.2) is 47.0 Å². The minimum Gasteiger partial charge on any atom is -0.302 e. The van der Waals surface area contributed by atoms with E-state index < -0.39 is 0 Å². The zero-order valence-corrected chi connectivity index (χ0v) is 19.1. The van der Waals surface area contributed by atoms with Crippen molar-refractivity contribution >= 4 is 43.9 Å². The molecule has 0 saturated heterocycles. The number of carbonyl (C=O) groups is 1. The average molecular weight is 417 g/mol. The fraction of sp³-hybridized carbons (Fsp3) is 0.476. The lowest BCUT2D eigenvalue weighted by atomic mass is 10.1. The predicted octanol–water partition coefficient (Wildman–Crippen LogP) is 4.98. The van der Waals surface area contributed by atoms with Crippen LogP contribution in [0.15, 0.2) is 12.1 Å². The summed E-state index contributed by atoms with van der Waals surface area (Å²) in [6, 6.07) is 4.26. The molecule has 0 fully saturated rings. The van der Waals surface area contributed by atoms with Crippen LogP contribution in [0.2, 0.25) is 0 Å². The van der Waals surface area contributed by atoms with Gasteiger partial charge >= 0.3 is 0 Å². The van der Waals surface area contributed by atoms with Gasteiger partial charge in [-0.1, -0.05) is 31.3 Å². The van der Waals surface area contributed by atoms with E-state index >= 15 is 0 Å². The monoisotopic (exact) mass is 416 g/mol. The van der Waals surface area contributed by atoms with Crippen LogP contribution in [0.25, 0.3) is 10.2 Å². The standard InChI is InChI=1S/C21H28N4OS2/c1-7-24(8-2)9-10-25(20(26)19-15(5)22-16(6)27-19)21-23-17-12-13(3)11-14(4)18(17)28-21/h11-12H,7-10H2,1-6H3. The molecule has 0 spiro atoms. The quantitative estimate of drug-likeness (QED) is 0.545. The Morgan fingerprint density at radius 3 is 2.32 bits per heavy atom. The van der Waals surface area contributed by atoms with Gasteiger partial charge in [0.05, 0.1) is 20.9 Å². The zero-order valence-electron chi connectivity index (χ0n) is 17.5. The first kappa shape index (κ1) is 20.9. The second-order valence-corrected chi connectivity index (χ2v) is 9.24. The first-order chi connectivity index (χ1) is 13.3. The largest absolute Gasteiger partial charge is 0.302 e. The molecule has 0 N–H and O–H groups in total. The van der Waals surface area contributed by atoms with Crippen LogP contribution >= 0.6 is 22.7 Å². The predicted molar refractivity (Wildman–Crippen MR) is 120 cm³/mol. The number of carbonyl (C=O) groups excluding carboxylic acids is 1. The van der Waals surface area contributed by atoms with E-state index in [1.54, 1.807) is 11.3 Å². The highest BCUT2D eigenvalue weighted by Gasteiger charge is 2.25. The van der Waals surface area contributed by atoms with Gasteiger partial charge in [-0.05, 0) is 58.0 Å². The molecule has 0 aliphatic heterocycles. The van der Waals surface area contributed by atoms with Gasteiger partial charge in [0.15, 0.2) is 5.13 Å². The molecule has 28 heavy (non-hydrogen) atoms.